The fourth-order valence-electron chi connectivity index (χ4n) is 8.84. The zero-order chi connectivity index (χ0) is 59.0. The molecule has 1 aromatic heterocycles. The summed E-state index contributed by atoms with van der Waals surface area (Å²) < 4.78 is 0. The number of aromatic amines is 1. The summed E-state index contributed by atoms with van der Waals surface area (Å²) >= 11 is 0. The van der Waals surface area contributed by atoms with E-state index in [2.05, 4.69) is 47.5 Å². The van der Waals surface area contributed by atoms with E-state index in [0.29, 0.717) is 44.3 Å². The van der Waals surface area contributed by atoms with Gasteiger partial charge >= 0.3 is 5.97 Å². The SMILES string of the molecule is CC(C)C[C@H](NC(=O)[C@H](CCCCN)NC(=O)[C@H](Cc1c[nH]c2ccccc12)NC(=O)[C@H](CC(C)C)NC(=O)[C@@H](N)C(C)C)C(=O)N[C@@H](CC(C)C)C(=O)N[C@@H](CCCCN)C(=O)N[C@H](C(=O)N[C@H](C(=O)O)C(C)C)C(C)C. The third-order valence-electron chi connectivity index (χ3n) is 13.4. The van der Waals surface area contributed by atoms with Crippen molar-refractivity contribution in [1.29, 1.82) is 0 Å². The van der Waals surface area contributed by atoms with Crippen LogP contribution in [-0.2, 0) is 49.6 Å². The molecule has 78 heavy (non-hydrogen) atoms. The molecular weight excluding hydrogens is 1000 g/mol. The minimum absolute atomic E-state index is 0.00104. The predicted molar refractivity (Wildman–Crippen MR) is 302 cm³/mol. The van der Waals surface area contributed by atoms with Crippen molar-refractivity contribution in [3.8, 4) is 0 Å². The first kappa shape index (κ1) is 68.0. The van der Waals surface area contributed by atoms with E-state index < -0.39 is 119 Å². The number of nitrogens with two attached hydrogens (primary N) is 3. The molecule has 0 radical (unpaired) electrons. The van der Waals surface area contributed by atoms with Crippen molar-refractivity contribution in [2.75, 3.05) is 13.1 Å². The highest BCUT2D eigenvalue weighted by Crippen LogP contribution is 2.21. The molecule has 0 saturated carbocycles. The molecule has 1 aromatic carbocycles. The summed E-state index contributed by atoms with van der Waals surface area (Å²) in [6.45, 7) is 22.1. The minimum Gasteiger partial charge on any atom is -0.480 e. The lowest BCUT2D eigenvalue weighted by atomic mass is 9.98. The van der Waals surface area contributed by atoms with Crippen molar-refractivity contribution >= 4 is 64.1 Å². The lowest BCUT2D eigenvalue weighted by Crippen LogP contribution is -2.61. The molecule has 0 spiro atoms. The van der Waals surface area contributed by atoms with Crippen LogP contribution < -0.4 is 59.7 Å². The van der Waals surface area contributed by atoms with Gasteiger partial charge < -0.3 is 69.8 Å². The molecule has 22 nitrogen and oxygen atoms in total. The highest BCUT2D eigenvalue weighted by Gasteiger charge is 2.37. The summed E-state index contributed by atoms with van der Waals surface area (Å²) in [4.78, 5) is 128. The van der Waals surface area contributed by atoms with Gasteiger partial charge in [-0.05, 0) is 118 Å². The summed E-state index contributed by atoms with van der Waals surface area (Å²) in [5.74, 6) is -7.98. The van der Waals surface area contributed by atoms with E-state index in [1.807, 2.05) is 65.8 Å². The number of para-hydroxylation sites is 1. The van der Waals surface area contributed by atoms with Gasteiger partial charge in [0.05, 0.1) is 6.04 Å². The molecule has 0 aliphatic heterocycles. The molecule has 22 heteroatoms. The van der Waals surface area contributed by atoms with Crippen molar-refractivity contribution in [2.24, 2.45) is 52.7 Å². The molecule has 16 N–H and O–H groups in total. The summed E-state index contributed by atoms with van der Waals surface area (Å²) in [5.41, 5.74) is 19.3. The van der Waals surface area contributed by atoms with Crippen molar-refractivity contribution < 1.29 is 48.3 Å². The van der Waals surface area contributed by atoms with Crippen molar-refractivity contribution in [1.82, 2.24) is 47.5 Å². The highest BCUT2D eigenvalue weighted by molar-refractivity contribution is 5.98. The fraction of sp³-hybridized carbons (Fsp3) is 0.696. The van der Waals surface area contributed by atoms with Gasteiger partial charge in [-0.3, -0.25) is 38.4 Å². The number of H-pyrrole nitrogens is 1. The number of unbranched alkanes of at least 4 members (excludes halogenated alkanes) is 2. The maximum absolute atomic E-state index is 14.7. The lowest BCUT2D eigenvalue weighted by Gasteiger charge is -2.30. The number of hydrogen-bond donors (Lipinski definition) is 13. The van der Waals surface area contributed by atoms with E-state index in [-0.39, 0.29) is 62.2 Å². The number of carbonyl (C=O) groups is 9. The number of carboxylic acid groups (broad SMARTS) is 1. The summed E-state index contributed by atoms with van der Waals surface area (Å²) in [6.07, 6.45) is 4.35. The van der Waals surface area contributed by atoms with E-state index in [4.69, 9.17) is 17.2 Å². The van der Waals surface area contributed by atoms with E-state index in [9.17, 15) is 48.3 Å². The topological polar surface area (TPSA) is 364 Å². The Morgan fingerprint density at radius 3 is 1.24 bits per heavy atom. The van der Waals surface area contributed by atoms with E-state index in [1.54, 1.807) is 47.7 Å². The Morgan fingerprint density at radius 2 is 0.833 bits per heavy atom. The van der Waals surface area contributed by atoms with Gasteiger partial charge in [0.25, 0.3) is 0 Å². The molecule has 0 unspecified atom stereocenters. The highest BCUT2D eigenvalue weighted by atomic mass is 16.4. The maximum atomic E-state index is 14.7. The Labute approximate surface area is 462 Å². The van der Waals surface area contributed by atoms with Gasteiger partial charge in [-0.25, -0.2) is 4.79 Å². The number of amides is 8. The zero-order valence-electron chi connectivity index (χ0n) is 48.4. The zero-order valence-corrected chi connectivity index (χ0v) is 48.4. The van der Waals surface area contributed by atoms with Crippen LogP contribution in [0.5, 0.6) is 0 Å². The molecule has 9 atom stereocenters. The van der Waals surface area contributed by atoms with Crippen LogP contribution in [-0.4, -0.2) is 131 Å². The number of carbonyl (C=O) groups excluding carboxylic acids is 8. The third kappa shape index (κ3) is 23.1. The predicted octanol–water partition coefficient (Wildman–Crippen LogP) is 2.36. The average molecular weight is 1100 g/mol. The smallest absolute Gasteiger partial charge is 0.326 e. The number of aromatic nitrogens is 1. The van der Waals surface area contributed by atoms with Crippen molar-refractivity contribution in [3.63, 3.8) is 0 Å². The van der Waals surface area contributed by atoms with Crippen LogP contribution >= 0.6 is 0 Å². The first-order chi connectivity index (χ1) is 36.6. The molecule has 0 bridgehead atoms. The third-order valence-corrected chi connectivity index (χ3v) is 13.4. The summed E-state index contributed by atoms with van der Waals surface area (Å²) in [6, 6.07) is -2.87. The van der Waals surface area contributed by atoms with Crippen LogP contribution in [0.2, 0.25) is 0 Å². The summed E-state index contributed by atoms with van der Waals surface area (Å²) in [7, 11) is 0. The largest absolute Gasteiger partial charge is 0.480 e. The second kappa shape index (κ2) is 34.0. The Hall–Kier alpha value is -6.13. The molecule has 440 valence electrons. The van der Waals surface area contributed by atoms with Crippen LogP contribution in [0.25, 0.3) is 10.9 Å². The van der Waals surface area contributed by atoms with Crippen LogP contribution in [0.4, 0.5) is 0 Å². The molecular formula is C56H96N12O10. The van der Waals surface area contributed by atoms with Crippen molar-refractivity contribution in [2.45, 2.75) is 202 Å². The minimum atomic E-state index is -1.25. The molecule has 1 heterocycles. The molecule has 2 aromatic rings. The Morgan fingerprint density at radius 1 is 0.462 bits per heavy atom. The molecule has 0 aliphatic rings. The van der Waals surface area contributed by atoms with Gasteiger partial charge in [0.2, 0.25) is 47.3 Å². The number of aliphatic carboxylic acids is 1. The molecule has 0 aliphatic carbocycles. The Bertz CT molecular complexity index is 2270. The number of nitrogens with one attached hydrogen (secondary N) is 9. The number of rotatable bonds is 36. The van der Waals surface area contributed by atoms with Crippen LogP contribution in [0, 0.1) is 35.5 Å². The second-order valence-electron chi connectivity index (χ2n) is 23.0. The molecule has 8 amide bonds. The Kier molecular flexibility index (Phi) is 29.6. The van der Waals surface area contributed by atoms with E-state index >= 15 is 0 Å². The first-order valence-corrected chi connectivity index (χ1v) is 28.0. The average Bonchev–Trinajstić information content (AvgIpc) is 3.76. The van der Waals surface area contributed by atoms with E-state index in [1.165, 1.54) is 0 Å². The number of fused-ring (bicyclic) bond motifs is 1. The number of carboxylic acids is 1. The van der Waals surface area contributed by atoms with Gasteiger partial charge in [0, 0.05) is 23.5 Å². The van der Waals surface area contributed by atoms with Crippen LogP contribution in [0.1, 0.15) is 146 Å². The fourth-order valence-corrected chi connectivity index (χ4v) is 8.84. The monoisotopic (exact) mass is 1100 g/mol. The van der Waals surface area contributed by atoms with Gasteiger partial charge in [-0.1, -0.05) is 101 Å². The van der Waals surface area contributed by atoms with Gasteiger partial charge in [0.15, 0.2) is 0 Å². The van der Waals surface area contributed by atoms with Crippen LogP contribution in [0.3, 0.4) is 0 Å². The second-order valence-corrected chi connectivity index (χ2v) is 23.0. The summed E-state index contributed by atoms with van der Waals surface area (Å²) in [5, 5.41) is 32.7. The number of benzene rings is 1. The lowest BCUT2D eigenvalue weighted by molar-refractivity contribution is -0.144. The van der Waals surface area contributed by atoms with Gasteiger partial charge in [0.1, 0.15) is 48.3 Å². The van der Waals surface area contributed by atoms with Crippen molar-refractivity contribution in [3.05, 3.63) is 36.0 Å². The molecule has 0 fully saturated rings. The Balaban J connectivity index is 2.52. The molecule has 0 saturated heterocycles. The van der Waals surface area contributed by atoms with Crippen LogP contribution in [0.15, 0.2) is 30.5 Å². The first-order valence-electron chi connectivity index (χ1n) is 28.0. The quantitative estimate of drug-likeness (QED) is 0.0437. The van der Waals surface area contributed by atoms with Gasteiger partial charge in [-0.15, -0.1) is 0 Å². The normalized spacial score (nSPS) is 15.2. The van der Waals surface area contributed by atoms with E-state index in [0.717, 1.165) is 10.9 Å². The number of hydrogen-bond acceptors (Lipinski definition) is 12. The standard InChI is InChI=1S/C56H96N12O10/c1-30(2)25-41(50(71)62-40(22-16-18-24-58)49(70)67-46(34(9)10)55(76)68-47(35(11)12)56(77)78)64-51(72)42(26-31(3)4)63-48(69)39(21-15-17-23-57)61-53(74)44(28-36-29-60-38-20-14-13-19-37(36)38)65-52(73)43(27-32(5)6)66-54(75)45(59)33(7)8/h13-14,19-20,29-35,39-47,60H,15-18,21-28,57-59H2,1-12H3,(H,61,74)(H,62,71)(H,63,69)(H,64,72)(H,65,73)(H,66,75)(H,67,70)(H,68,76)(H,77,78)/t39-,40-,41-,42-,43-,44-,45-,46-,47-/m0/s1. The maximum Gasteiger partial charge on any atom is 0.326 e. The van der Waals surface area contributed by atoms with Gasteiger partial charge in [-0.2, -0.15) is 0 Å². The molecule has 2 rings (SSSR count).